The molecule has 2 N–H and O–H groups in total. The first-order valence-electron chi connectivity index (χ1n) is 11.3. The fraction of sp³-hybridized carbons (Fsp3) is 0.107. The zero-order valence-electron chi connectivity index (χ0n) is 18.7. The first kappa shape index (κ1) is 22.4. The van der Waals surface area contributed by atoms with Crippen molar-refractivity contribution in [2.24, 2.45) is 4.99 Å². The minimum atomic E-state index is -0.581. The summed E-state index contributed by atoms with van der Waals surface area (Å²) in [4.78, 5) is 21.1. The minimum Gasteiger partial charge on any atom is -0.308 e. The molecule has 0 saturated carbocycles. The number of halogens is 2. The Balaban J connectivity index is 1.24. The smallest absolute Gasteiger partial charge is 0.308 e. The summed E-state index contributed by atoms with van der Waals surface area (Å²) in [7, 11) is 0. The van der Waals surface area contributed by atoms with Crippen LogP contribution in [0, 0.1) is 11.6 Å². The fourth-order valence-electron chi connectivity index (χ4n) is 4.13. The van der Waals surface area contributed by atoms with Crippen LogP contribution in [0.2, 0.25) is 0 Å². The van der Waals surface area contributed by atoms with E-state index < -0.39 is 11.6 Å². The summed E-state index contributed by atoms with van der Waals surface area (Å²) in [5.74, 6) is -0.725. The van der Waals surface area contributed by atoms with Crippen LogP contribution in [0.4, 0.5) is 25.1 Å². The van der Waals surface area contributed by atoms with E-state index in [0.29, 0.717) is 30.1 Å². The van der Waals surface area contributed by atoms with Gasteiger partial charge in [-0.25, -0.2) is 18.6 Å². The van der Waals surface area contributed by atoms with Crippen LogP contribution >= 0.6 is 0 Å². The number of rotatable bonds is 5. The molecule has 174 valence electrons. The minimum absolute atomic E-state index is 0.0242. The number of carbonyl (C=O) groups is 1. The maximum absolute atomic E-state index is 14.1. The average molecular weight is 469 g/mol. The zero-order chi connectivity index (χ0) is 24.2. The van der Waals surface area contributed by atoms with Gasteiger partial charge >= 0.3 is 6.03 Å². The maximum Gasteiger partial charge on any atom is 0.324 e. The summed E-state index contributed by atoms with van der Waals surface area (Å²) in [5, 5.41) is 5.46. The van der Waals surface area contributed by atoms with E-state index >= 15 is 0 Å². The number of pyridine rings is 1. The van der Waals surface area contributed by atoms with Crippen LogP contribution in [0.3, 0.4) is 0 Å². The molecule has 0 fully saturated rings. The molecule has 3 aromatic carbocycles. The summed E-state index contributed by atoms with van der Waals surface area (Å²) in [6.45, 7) is 0. The van der Waals surface area contributed by atoms with E-state index in [1.54, 1.807) is 24.4 Å². The Morgan fingerprint density at radius 1 is 0.800 bits per heavy atom. The lowest BCUT2D eigenvalue weighted by atomic mass is 10.00. The molecule has 0 spiro atoms. The van der Waals surface area contributed by atoms with Gasteiger partial charge in [0.1, 0.15) is 17.5 Å². The number of amides is 2. The Labute approximate surface area is 201 Å². The van der Waals surface area contributed by atoms with Crippen molar-refractivity contribution < 1.29 is 13.6 Å². The third kappa shape index (κ3) is 5.09. The molecule has 0 bridgehead atoms. The molecule has 1 atom stereocenters. The first-order valence-corrected chi connectivity index (χ1v) is 11.3. The number of benzene rings is 3. The van der Waals surface area contributed by atoms with Crippen molar-refractivity contribution in [1.29, 1.82) is 0 Å². The zero-order valence-corrected chi connectivity index (χ0v) is 18.7. The van der Waals surface area contributed by atoms with Crippen LogP contribution in [0.5, 0.6) is 0 Å². The number of aromatic nitrogens is 1. The summed E-state index contributed by atoms with van der Waals surface area (Å²) in [6, 6.07) is 24.1. The predicted molar refractivity (Wildman–Crippen MR) is 134 cm³/mol. The largest absolute Gasteiger partial charge is 0.324 e. The molecule has 5 nitrogen and oxygen atoms in total. The van der Waals surface area contributed by atoms with Crippen LogP contribution in [0.25, 0.3) is 11.1 Å². The highest BCUT2D eigenvalue weighted by Gasteiger charge is 2.24. The Hall–Kier alpha value is -4.39. The second-order valence-electron chi connectivity index (χ2n) is 8.23. The normalized spacial score (nSPS) is 14.9. The van der Waals surface area contributed by atoms with Gasteiger partial charge in [0.15, 0.2) is 0 Å². The van der Waals surface area contributed by atoms with Crippen molar-refractivity contribution in [1.82, 2.24) is 4.98 Å². The van der Waals surface area contributed by atoms with Gasteiger partial charge in [-0.05, 0) is 60.4 Å². The highest BCUT2D eigenvalue weighted by molar-refractivity contribution is 6.02. The molecule has 1 aliphatic rings. The number of hydrogen-bond donors (Lipinski definition) is 2. The maximum atomic E-state index is 14.1. The van der Waals surface area contributed by atoms with Crippen molar-refractivity contribution in [2.75, 3.05) is 10.6 Å². The highest BCUT2D eigenvalue weighted by atomic mass is 19.1. The van der Waals surface area contributed by atoms with Crippen LogP contribution in [0.15, 0.2) is 96.1 Å². The lowest BCUT2D eigenvalue weighted by Gasteiger charge is -2.10. The van der Waals surface area contributed by atoms with E-state index in [9.17, 15) is 13.6 Å². The summed E-state index contributed by atoms with van der Waals surface area (Å²) < 4.78 is 28.2. The van der Waals surface area contributed by atoms with E-state index in [0.717, 1.165) is 16.7 Å². The number of para-hydroxylation sites is 1. The van der Waals surface area contributed by atoms with Gasteiger partial charge in [0.2, 0.25) is 0 Å². The van der Waals surface area contributed by atoms with Crippen molar-refractivity contribution in [3.63, 3.8) is 0 Å². The molecule has 0 radical (unpaired) electrons. The number of nitrogens with zero attached hydrogens (tertiary/aromatic N) is 2. The van der Waals surface area contributed by atoms with E-state index in [-0.39, 0.29) is 17.6 Å². The summed E-state index contributed by atoms with van der Waals surface area (Å²) in [6.07, 6.45) is 2.93. The van der Waals surface area contributed by atoms with Crippen molar-refractivity contribution in [3.05, 3.63) is 114 Å². The SMILES string of the molecule is O=C(Nc1ccccc1)Nc1ccc(-c2ccc(C3CCC(c4c(F)cccc4F)=N3)cc2)cn1. The lowest BCUT2D eigenvalue weighted by Crippen LogP contribution is -2.19. The van der Waals surface area contributed by atoms with Gasteiger partial charge in [-0.2, -0.15) is 0 Å². The van der Waals surface area contributed by atoms with Gasteiger partial charge < -0.3 is 5.32 Å². The van der Waals surface area contributed by atoms with Gasteiger partial charge in [-0.3, -0.25) is 10.3 Å². The molecule has 0 aliphatic carbocycles. The molecule has 2 heterocycles. The number of nitrogens with one attached hydrogen (secondary N) is 2. The predicted octanol–water partition coefficient (Wildman–Crippen LogP) is 7.00. The second kappa shape index (κ2) is 9.85. The van der Waals surface area contributed by atoms with E-state index in [1.807, 2.05) is 48.5 Å². The molecular weight excluding hydrogens is 446 g/mol. The Bertz CT molecular complexity index is 1350. The first-order chi connectivity index (χ1) is 17.1. The third-order valence-corrected chi connectivity index (χ3v) is 5.88. The third-order valence-electron chi connectivity index (χ3n) is 5.88. The Kier molecular flexibility index (Phi) is 6.30. The van der Waals surface area contributed by atoms with E-state index in [1.165, 1.54) is 18.2 Å². The molecule has 1 unspecified atom stereocenters. The van der Waals surface area contributed by atoms with Gasteiger partial charge in [0.25, 0.3) is 0 Å². The van der Waals surface area contributed by atoms with Gasteiger partial charge in [-0.1, -0.05) is 48.5 Å². The number of anilines is 2. The Morgan fingerprint density at radius 2 is 1.51 bits per heavy atom. The van der Waals surface area contributed by atoms with Crippen molar-refractivity contribution in [3.8, 4) is 11.1 Å². The standard InChI is InChI=1S/C28H22F2N4O/c29-22-7-4-8-23(30)27(22)25-15-14-24(33-25)19-11-9-18(10-12-19)20-13-16-26(31-17-20)34-28(35)32-21-5-2-1-3-6-21/h1-13,16-17,24H,14-15H2,(H2,31,32,34,35). The molecule has 35 heavy (non-hydrogen) atoms. The molecule has 1 aromatic heterocycles. The van der Waals surface area contributed by atoms with Crippen molar-refractivity contribution in [2.45, 2.75) is 18.9 Å². The summed E-state index contributed by atoms with van der Waals surface area (Å²) >= 11 is 0. The number of hydrogen-bond acceptors (Lipinski definition) is 3. The average Bonchev–Trinajstić information content (AvgIpc) is 3.35. The van der Waals surface area contributed by atoms with Gasteiger partial charge in [0.05, 0.1) is 11.6 Å². The van der Waals surface area contributed by atoms with Crippen LogP contribution in [-0.4, -0.2) is 16.7 Å². The molecule has 7 heteroatoms. The topological polar surface area (TPSA) is 66.4 Å². The number of urea groups is 1. The molecule has 2 amide bonds. The number of carbonyl (C=O) groups excluding carboxylic acids is 1. The quantitative estimate of drug-likeness (QED) is 0.331. The molecule has 4 aromatic rings. The lowest BCUT2D eigenvalue weighted by molar-refractivity contribution is 0.262. The van der Waals surface area contributed by atoms with Crippen LogP contribution in [-0.2, 0) is 0 Å². The molecule has 1 aliphatic heterocycles. The second-order valence-corrected chi connectivity index (χ2v) is 8.23. The molecule has 0 saturated heterocycles. The Morgan fingerprint density at radius 3 is 2.20 bits per heavy atom. The molecule has 5 rings (SSSR count). The fourth-order valence-corrected chi connectivity index (χ4v) is 4.13. The van der Waals surface area contributed by atoms with Gasteiger partial charge in [-0.15, -0.1) is 0 Å². The van der Waals surface area contributed by atoms with Crippen molar-refractivity contribution >= 4 is 23.2 Å². The monoisotopic (exact) mass is 468 g/mol. The van der Waals surface area contributed by atoms with Crippen LogP contribution < -0.4 is 10.6 Å². The van der Waals surface area contributed by atoms with E-state index in [2.05, 4.69) is 20.6 Å². The van der Waals surface area contributed by atoms with E-state index in [4.69, 9.17) is 0 Å². The number of aliphatic imine (C=N–C) groups is 1. The molecular formula is C28H22F2N4O. The highest BCUT2D eigenvalue weighted by Crippen LogP contribution is 2.33. The van der Waals surface area contributed by atoms with Gasteiger partial charge in [0, 0.05) is 23.2 Å². The van der Waals surface area contributed by atoms with Crippen LogP contribution in [0.1, 0.15) is 30.0 Å². The summed E-state index contributed by atoms with van der Waals surface area (Å²) in [5.41, 5.74) is 3.99.